The topological polar surface area (TPSA) is 20.3 Å². The Balaban J connectivity index is 2.20. The van der Waals surface area contributed by atoms with Crippen molar-refractivity contribution in [2.45, 2.75) is 12.5 Å². The zero-order valence-corrected chi connectivity index (χ0v) is 12.6. The van der Waals surface area contributed by atoms with Crippen LogP contribution in [-0.2, 0) is 0 Å². The number of hydrogen-bond acceptors (Lipinski definition) is 2. The zero-order valence-electron chi connectivity index (χ0n) is 9.45. The van der Waals surface area contributed by atoms with E-state index in [1.807, 2.05) is 29.8 Å². The molecule has 1 fully saturated rings. The number of nitrogens with zero attached hydrogens (tertiary/aromatic N) is 1. The maximum absolute atomic E-state index is 12.3. The van der Waals surface area contributed by atoms with Gasteiger partial charge in [-0.05, 0) is 46.3 Å². The lowest BCUT2D eigenvalue weighted by Gasteiger charge is -2.24. The van der Waals surface area contributed by atoms with Gasteiger partial charge in [0, 0.05) is 28.3 Å². The fourth-order valence-electron chi connectivity index (χ4n) is 1.84. The Kier molecular flexibility index (Phi) is 4.39. The molecule has 5 heteroatoms. The van der Waals surface area contributed by atoms with Crippen LogP contribution in [0.15, 0.2) is 22.7 Å². The maximum Gasteiger partial charge on any atom is 0.255 e. The lowest BCUT2D eigenvalue weighted by molar-refractivity contribution is 0.0747. The molecule has 1 aromatic carbocycles. The first-order chi connectivity index (χ1) is 8.09. The number of benzene rings is 1. The Hall–Kier alpha value is -0.190. The van der Waals surface area contributed by atoms with Crippen LogP contribution in [0.2, 0.25) is 5.02 Å². The molecule has 1 aliphatic rings. The predicted octanol–water partition coefficient (Wildman–Crippen LogP) is 3.68. The molecule has 1 saturated heterocycles. The summed E-state index contributed by atoms with van der Waals surface area (Å²) in [5, 5.41) is 0.589. The highest BCUT2D eigenvalue weighted by atomic mass is 79.9. The summed E-state index contributed by atoms with van der Waals surface area (Å²) in [6, 6.07) is 5.64. The number of carbonyl (C=O) groups excluding carboxylic acids is 1. The molecule has 2 nitrogen and oxygen atoms in total. The van der Waals surface area contributed by atoms with Crippen LogP contribution < -0.4 is 0 Å². The van der Waals surface area contributed by atoms with E-state index in [1.165, 1.54) is 0 Å². The smallest absolute Gasteiger partial charge is 0.255 e. The van der Waals surface area contributed by atoms with Crippen molar-refractivity contribution in [2.24, 2.45) is 0 Å². The third-order valence-electron chi connectivity index (χ3n) is 2.93. The molecule has 1 heterocycles. The van der Waals surface area contributed by atoms with Crippen LogP contribution in [0, 0.1) is 0 Å². The molecule has 0 aromatic heterocycles. The van der Waals surface area contributed by atoms with Gasteiger partial charge in [-0.2, -0.15) is 11.8 Å². The largest absolute Gasteiger partial charge is 0.338 e. The van der Waals surface area contributed by atoms with Crippen molar-refractivity contribution >= 4 is 45.2 Å². The van der Waals surface area contributed by atoms with Gasteiger partial charge in [0.05, 0.1) is 5.56 Å². The molecule has 0 spiro atoms. The Labute approximate surface area is 119 Å². The van der Waals surface area contributed by atoms with E-state index in [0.29, 0.717) is 16.6 Å². The highest BCUT2D eigenvalue weighted by Crippen LogP contribution is 2.26. The molecule has 0 N–H and O–H groups in total. The van der Waals surface area contributed by atoms with E-state index >= 15 is 0 Å². The molecule has 1 atom stereocenters. The Morgan fingerprint density at radius 2 is 2.35 bits per heavy atom. The van der Waals surface area contributed by atoms with Crippen molar-refractivity contribution < 1.29 is 4.79 Å². The van der Waals surface area contributed by atoms with Gasteiger partial charge in [-0.15, -0.1) is 0 Å². The van der Waals surface area contributed by atoms with Gasteiger partial charge in [0.1, 0.15) is 0 Å². The molecule has 1 aliphatic heterocycles. The first-order valence-electron chi connectivity index (χ1n) is 5.39. The highest BCUT2D eigenvalue weighted by molar-refractivity contribution is 9.10. The summed E-state index contributed by atoms with van der Waals surface area (Å²) in [5.74, 6) is 2.20. The Bertz CT molecular complexity index is 435. The second-order valence-electron chi connectivity index (χ2n) is 4.06. The summed E-state index contributed by atoms with van der Waals surface area (Å²) in [7, 11) is 1.87. The molecule has 0 aliphatic carbocycles. The number of hydrogen-bond donors (Lipinski definition) is 0. The van der Waals surface area contributed by atoms with Crippen LogP contribution in [0.5, 0.6) is 0 Å². The first-order valence-corrected chi connectivity index (χ1v) is 7.72. The minimum atomic E-state index is 0.0341. The SMILES string of the molecule is CN(C(=O)c1cc(Cl)ccc1Br)C1CCSC1. The van der Waals surface area contributed by atoms with E-state index in [1.54, 1.807) is 12.1 Å². The zero-order chi connectivity index (χ0) is 12.4. The van der Waals surface area contributed by atoms with Crippen LogP contribution in [-0.4, -0.2) is 35.4 Å². The third-order valence-corrected chi connectivity index (χ3v) is 5.00. The van der Waals surface area contributed by atoms with E-state index in [0.717, 1.165) is 22.4 Å². The summed E-state index contributed by atoms with van der Waals surface area (Å²) >= 11 is 11.2. The van der Waals surface area contributed by atoms with Gasteiger partial charge in [0.15, 0.2) is 0 Å². The van der Waals surface area contributed by atoms with Crippen LogP contribution in [0.4, 0.5) is 0 Å². The van der Waals surface area contributed by atoms with Gasteiger partial charge in [-0.1, -0.05) is 11.6 Å². The Morgan fingerprint density at radius 1 is 1.59 bits per heavy atom. The van der Waals surface area contributed by atoms with Gasteiger partial charge in [0.25, 0.3) is 5.91 Å². The van der Waals surface area contributed by atoms with E-state index < -0.39 is 0 Å². The maximum atomic E-state index is 12.3. The molecule has 1 unspecified atom stereocenters. The minimum absolute atomic E-state index is 0.0341. The van der Waals surface area contributed by atoms with Gasteiger partial charge in [-0.25, -0.2) is 0 Å². The quantitative estimate of drug-likeness (QED) is 0.822. The molecule has 0 bridgehead atoms. The molecule has 1 aromatic rings. The van der Waals surface area contributed by atoms with Gasteiger partial charge >= 0.3 is 0 Å². The summed E-state index contributed by atoms with van der Waals surface area (Å²) in [6.07, 6.45) is 1.07. The number of rotatable bonds is 2. The predicted molar refractivity (Wildman–Crippen MR) is 77.0 cm³/mol. The average Bonchev–Trinajstić information content (AvgIpc) is 2.84. The molecule has 0 saturated carbocycles. The summed E-state index contributed by atoms with van der Waals surface area (Å²) in [6.45, 7) is 0. The summed E-state index contributed by atoms with van der Waals surface area (Å²) < 4.78 is 0.796. The van der Waals surface area contributed by atoms with Crippen molar-refractivity contribution in [3.8, 4) is 0 Å². The van der Waals surface area contributed by atoms with Gasteiger partial charge < -0.3 is 4.90 Å². The van der Waals surface area contributed by atoms with E-state index in [4.69, 9.17) is 11.6 Å². The minimum Gasteiger partial charge on any atom is -0.338 e. The van der Waals surface area contributed by atoms with E-state index in [9.17, 15) is 4.79 Å². The molecule has 17 heavy (non-hydrogen) atoms. The van der Waals surface area contributed by atoms with Crippen LogP contribution >= 0.6 is 39.3 Å². The van der Waals surface area contributed by atoms with E-state index in [2.05, 4.69) is 15.9 Å². The molecule has 2 rings (SSSR count). The fraction of sp³-hybridized carbons (Fsp3) is 0.417. The van der Waals surface area contributed by atoms with Crippen molar-refractivity contribution in [3.05, 3.63) is 33.3 Å². The summed E-state index contributed by atoms with van der Waals surface area (Å²) in [5.41, 5.74) is 0.636. The summed E-state index contributed by atoms with van der Waals surface area (Å²) in [4.78, 5) is 14.2. The number of amides is 1. The lowest BCUT2D eigenvalue weighted by Crippen LogP contribution is -2.37. The normalized spacial score (nSPS) is 19.4. The number of carbonyl (C=O) groups is 1. The second kappa shape index (κ2) is 5.63. The van der Waals surface area contributed by atoms with Crippen LogP contribution in [0.3, 0.4) is 0 Å². The van der Waals surface area contributed by atoms with Crippen LogP contribution in [0.1, 0.15) is 16.8 Å². The van der Waals surface area contributed by atoms with Crippen molar-refractivity contribution in [1.82, 2.24) is 4.90 Å². The highest BCUT2D eigenvalue weighted by Gasteiger charge is 2.25. The lowest BCUT2D eigenvalue weighted by atomic mass is 10.1. The molecule has 1 amide bonds. The van der Waals surface area contributed by atoms with Gasteiger partial charge in [0.2, 0.25) is 0 Å². The van der Waals surface area contributed by atoms with Crippen molar-refractivity contribution in [3.63, 3.8) is 0 Å². The molecule has 0 radical (unpaired) electrons. The van der Waals surface area contributed by atoms with Crippen molar-refractivity contribution in [2.75, 3.05) is 18.6 Å². The average molecular weight is 335 g/mol. The van der Waals surface area contributed by atoms with Crippen LogP contribution in [0.25, 0.3) is 0 Å². The molecular formula is C12H13BrClNOS. The van der Waals surface area contributed by atoms with E-state index in [-0.39, 0.29) is 5.91 Å². The number of halogens is 2. The molecule has 92 valence electrons. The Morgan fingerprint density at radius 3 is 3.00 bits per heavy atom. The van der Waals surface area contributed by atoms with Gasteiger partial charge in [-0.3, -0.25) is 4.79 Å². The second-order valence-corrected chi connectivity index (χ2v) is 6.50. The first kappa shape index (κ1) is 13.2. The standard InChI is InChI=1S/C12H13BrClNOS/c1-15(9-4-5-17-7-9)12(16)10-6-8(14)2-3-11(10)13/h2-3,6,9H,4-5,7H2,1H3. The fourth-order valence-corrected chi connectivity index (χ4v) is 3.70. The monoisotopic (exact) mass is 333 g/mol. The molecular weight excluding hydrogens is 322 g/mol. The third kappa shape index (κ3) is 2.98. The van der Waals surface area contributed by atoms with Crippen molar-refractivity contribution in [1.29, 1.82) is 0 Å². The number of thioether (sulfide) groups is 1.